The van der Waals surface area contributed by atoms with Crippen LogP contribution in [0.5, 0.6) is 5.75 Å². The Labute approximate surface area is 163 Å². The van der Waals surface area contributed by atoms with Crippen molar-refractivity contribution in [2.24, 2.45) is 0 Å². The molecule has 1 fully saturated rings. The van der Waals surface area contributed by atoms with E-state index in [1.54, 1.807) is 31.3 Å². The molecule has 0 aliphatic carbocycles. The molecule has 0 bridgehead atoms. The summed E-state index contributed by atoms with van der Waals surface area (Å²) in [6.45, 7) is 5.04. The highest BCUT2D eigenvalue weighted by molar-refractivity contribution is 5.94. The fraction of sp³-hybridized carbons (Fsp3) is 0.350. The van der Waals surface area contributed by atoms with Gasteiger partial charge in [0.2, 0.25) is 0 Å². The number of nitro benzene ring substituents is 1. The fourth-order valence-electron chi connectivity index (χ4n) is 3.29. The maximum atomic E-state index is 12.7. The van der Waals surface area contributed by atoms with Gasteiger partial charge in [-0.05, 0) is 43.3 Å². The third-order valence-corrected chi connectivity index (χ3v) is 4.79. The average molecular weight is 384 g/mol. The van der Waals surface area contributed by atoms with E-state index in [1.165, 1.54) is 6.07 Å². The second-order valence-electron chi connectivity index (χ2n) is 6.45. The van der Waals surface area contributed by atoms with Crippen molar-refractivity contribution in [3.8, 4) is 5.75 Å². The van der Waals surface area contributed by atoms with Crippen LogP contribution >= 0.6 is 0 Å². The molecular weight excluding hydrogens is 360 g/mol. The fourth-order valence-corrected chi connectivity index (χ4v) is 3.29. The summed E-state index contributed by atoms with van der Waals surface area (Å²) in [5.74, 6) is 0.754. The highest BCUT2D eigenvalue weighted by atomic mass is 16.6. The Morgan fingerprint density at radius 1 is 1.14 bits per heavy atom. The van der Waals surface area contributed by atoms with Crippen molar-refractivity contribution in [2.45, 2.75) is 6.92 Å². The van der Waals surface area contributed by atoms with E-state index in [-0.39, 0.29) is 11.6 Å². The summed E-state index contributed by atoms with van der Waals surface area (Å²) in [6, 6.07) is 12.2. The molecule has 1 aliphatic heterocycles. The molecule has 0 aromatic heterocycles. The largest absolute Gasteiger partial charge is 0.494 e. The van der Waals surface area contributed by atoms with Crippen molar-refractivity contribution < 1.29 is 14.5 Å². The lowest BCUT2D eigenvalue weighted by Crippen LogP contribution is -2.48. The lowest BCUT2D eigenvalue weighted by atomic mass is 10.1. The molecule has 8 heteroatoms. The lowest BCUT2D eigenvalue weighted by Gasteiger charge is -2.36. The summed E-state index contributed by atoms with van der Waals surface area (Å²) < 4.78 is 5.41. The number of nitrogens with zero attached hydrogens (tertiary/aromatic N) is 3. The van der Waals surface area contributed by atoms with E-state index in [2.05, 4.69) is 10.2 Å². The molecule has 2 aromatic carbocycles. The molecule has 0 unspecified atom stereocenters. The molecule has 148 valence electrons. The highest BCUT2D eigenvalue weighted by Gasteiger charge is 2.23. The molecule has 1 heterocycles. The number of rotatable bonds is 6. The zero-order chi connectivity index (χ0) is 20.1. The Hall–Kier alpha value is -3.29. The van der Waals surface area contributed by atoms with Crippen LogP contribution in [0.15, 0.2) is 42.5 Å². The van der Waals surface area contributed by atoms with Crippen LogP contribution in [0, 0.1) is 10.1 Å². The zero-order valence-corrected chi connectivity index (χ0v) is 16.1. The van der Waals surface area contributed by atoms with Gasteiger partial charge in [-0.1, -0.05) is 0 Å². The normalized spacial score (nSPS) is 13.9. The topological polar surface area (TPSA) is 88.0 Å². The average Bonchev–Trinajstić information content (AvgIpc) is 2.73. The summed E-state index contributed by atoms with van der Waals surface area (Å²) in [7, 11) is 1.67. The third kappa shape index (κ3) is 4.16. The summed E-state index contributed by atoms with van der Waals surface area (Å²) in [5.41, 5.74) is 2.08. The van der Waals surface area contributed by atoms with E-state index in [0.29, 0.717) is 44.0 Å². The Morgan fingerprint density at radius 3 is 2.39 bits per heavy atom. The van der Waals surface area contributed by atoms with Gasteiger partial charge in [0.25, 0.3) is 11.6 Å². The van der Waals surface area contributed by atoms with E-state index >= 15 is 0 Å². The van der Waals surface area contributed by atoms with Gasteiger partial charge in [-0.2, -0.15) is 0 Å². The van der Waals surface area contributed by atoms with Gasteiger partial charge in [-0.3, -0.25) is 14.9 Å². The number of anilines is 2. The minimum atomic E-state index is -0.400. The van der Waals surface area contributed by atoms with Gasteiger partial charge in [0.05, 0.1) is 11.5 Å². The van der Waals surface area contributed by atoms with Crippen molar-refractivity contribution in [2.75, 3.05) is 50.1 Å². The minimum absolute atomic E-state index is 0.00214. The first kappa shape index (κ1) is 19.5. The maximum Gasteiger partial charge on any atom is 0.292 e. The Bertz CT molecular complexity index is 846. The first-order valence-electron chi connectivity index (χ1n) is 9.26. The number of carbonyl (C=O) groups excluding carboxylic acids is 1. The van der Waals surface area contributed by atoms with Gasteiger partial charge in [0.1, 0.15) is 11.4 Å². The van der Waals surface area contributed by atoms with Crippen LogP contribution in [0.1, 0.15) is 17.3 Å². The molecule has 1 saturated heterocycles. The molecule has 3 rings (SSSR count). The standard InChI is InChI=1S/C20H24N4O4/c1-3-28-17-7-4-15(5-8-17)20(25)23-12-10-22(11-13-23)16-6-9-19(24(26)27)18(14-16)21-2/h4-9,14,21H,3,10-13H2,1-2H3. The van der Waals surface area contributed by atoms with Crippen molar-refractivity contribution in [3.63, 3.8) is 0 Å². The molecule has 8 nitrogen and oxygen atoms in total. The molecular formula is C20H24N4O4. The number of nitrogens with one attached hydrogen (secondary N) is 1. The quantitative estimate of drug-likeness (QED) is 0.608. The lowest BCUT2D eigenvalue weighted by molar-refractivity contribution is -0.383. The Balaban J connectivity index is 1.64. The Kier molecular flexibility index (Phi) is 5.98. The van der Waals surface area contributed by atoms with Gasteiger partial charge in [0.15, 0.2) is 0 Å². The van der Waals surface area contributed by atoms with E-state index < -0.39 is 4.92 Å². The zero-order valence-electron chi connectivity index (χ0n) is 16.1. The summed E-state index contributed by atoms with van der Waals surface area (Å²) in [6.07, 6.45) is 0. The van der Waals surface area contributed by atoms with Gasteiger partial charge in [-0.25, -0.2) is 0 Å². The number of benzene rings is 2. The van der Waals surface area contributed by atoms with Crippen molar-refractivity contribution in [1.82, 2.24) is 4.90 Å². The Morgan fingerprint density at radius 2 is 1.82 bits per heavy atom. The molecule has 0 radical (unpaired) electrons. The predicted octanol–water partition coefficient (Wildman–Crippen LogP) is 3.00. The first-order chi connectivity index (χ1) is 13.5. The van der Waals surface area contributed by atoms with Crippen molar-refractivity contribution >= 4 is 23.0 Å². The highest BCUT2D eigenvalue weighted by Crippen LogP contribution is 2.29. The second kappa shape index (κ2) is 8.60. The van der Waals surface area contributed by atoms with Gasteiger partial charge in [-0.15, -0.1) is 0 Å². The molecule has 1 amide bonds. The number of hydrogen-bond acceptors (Lipinski definition) is 6. The summed E-state index contributed by atoms with van der Waals surface area (Å²) in [4.78, 5) is 27.4. The van der Waals surface area contributed by atoms with Crippen LogP contribution in [0.2, 0.25) is 0 Å². The predicted molar refractivity (Wildman–Crippen MR) is 108 cm³/mol. The first-order valence-corrected chi connectivity index (χ1v) is 9.26. The second-order valence-corrected chi connectivity index (χ2v) is 6.45. The van der Waals surface area contributed by atoms with Crippen LogP contribution in [0.4, 0.5) is 17.1 Å². The molecule has 0 atom stereocenters. The van der Waals surface area contributed by atoms with Crippen molar-refractivity contribution in [1.29, 1.82) is 0 Å². The van der Waals surface area contributed by atoms with Crippen LogP contribution in [0.3, 0.4) is 0 Å². The molecule has 2 aromatic rings. The van der Waals surface area contributed by atoms with Gasteiger partial charge >= 0.3 is 0 Å². The molecule has 1 aliphatic rings. The number of amides is 1. The van der Waals surface area contributed by atoms with Crippen molar-refractivity contribution in [3.05, 3.63) is 58.1 Å². The van der Waals surface area contributed by atoms with Crippen LogP contribution < -0.4 is 15.0 Å². The number of carbonyl (C=O) groups is 1. The number of ether oxygens (including phenoxy) is 1. The maximum absolute atomic E-state index is 12.7. The number of piperazine rings is 1. The van der Waals surface area contributed by atoms with E-state index in [9.17, 15) is 14.9 Å². The smallest absolute Gasteiger partial charge is 0.292 e. The van der Waals surface area contributed by atoms with Crippen LogP contribution in [-0.2, 0) is 0 Å². The number of nitro groups is 1. The molecule has 0 saturated carbocycles. The van der Waals surface area contributed by atoms with Gasteiger partial charge in [0, 0.05) is 50.5 Å². The van der Waals surface area contributed by atoms with E-state index in [0.717, 1.165) is 11.4 Å². The van der Waals surface area contributed by atoms with Crippen LogP contribution in [-0.4, -0.2) is 55.6 Å². The van der Waals surface area contributed by atoms with E-state index in [4.69, 9.17) is 4.74 Å². The molecule has 0 spiro atoms. The summed E-state index contributed by atoms with van der Waals surface area (Å²) in [5, 5.41) is 14.0. The van der Waals surface area contributed by atoms with E-state index in [1.807, 2.05) is 24.0 Å². The van der Waals surface area contributed by atoms with Gasteiger partial charge < -0.3 is 19.9 Å². The summed E-state index contributed by atoms with van der Waals surface area (Å²) >= 11 is 0. The number of hydrogen-bond donors (Lipinski definition) is 1. The molecule has 28 heavy (non-hydrogen) atoms. The van der Waals surface area contributed by atoms with Crippen LogP contribution in [0.25, 0.3) is 0 Å². The third-order valence-electron chi connectivity index (χ3n) is 4.79. The molecule has 1 N–H and O–H groups in total. The minimum Gasteiger partial charge on any atom is -0.494 e. The SMILES string of the molecule is CCOc1ccc(C(=O)N2CCN(c3ccc([N+](=O)[O-])c(NC)c3)CC2)cc1. The monoisotopic (exact) mass is 384 g/mol.